The van der Waals surface area contributed by atoms with E-state index in [9.17, 15) is 18.8 Å². The number of carbonyl (C=O) groups is 2. The van der Waals surface area contributed by atoms with Crippen molar-refractivity contribution in [2.75, 3.05) is 7.05 Å². The molecule has 0 saturated heterocycles. The summed E-state index contributed by atoms with van der Waals surface area (Å²) >= 11 is 0. The molecule has 3 rings (SSSR count). The number of aromatic nitrogens is 1. The maximum absolute atomic E-state index is 13.1. The van der Waals surface area contributed by atoms with Crippen LogP contribution in [0.4, 0.5) is 4.39 Å². The molecule has 1 aromatic heterocycles. The summed E-state index contributed by atoms with van der Waals surface area (Å²) in [7, 11) is 1.44. The first-order valence-electron chi connectivity index (χ1n) is 8.63. The van der Waals surface area contributed by atoms with Crippen molar-refractivity contribution in [3.63, 3.8) is 0 Å². The lowest BCUT2D eigenvalue weighted by Gasteiger charge is -2.11. The van der Waals surface area contributed by atoms with Gasteiger partial charge in [-0.2, -0.15) is 0 Å². The number of hydrogen-bond donors (Lipinski definition) is 1. The fourth-order valence-electron chi connectivity index (χ4n) is 3.03. The number of amides is 1. The van der Waals surface area contributed by atoms with Gasteiger partial charge in [-0.3, -0.25) is 14.4 Å². The molecule has 1 saturated carbocycles. The summed E-state index contributed by atoms with van der Waals surface area (Å²) in [5.41, 5.74) is 0.510. The van der Waals surface area contributed by atoms with Crippen molar-refractivity contribution >= 4 is 11.7 Å². The van der Waals surface area contributed by atoms with E-state index in [1.807, 2.05) is 0 Å². The van der Waals surface area contributed by atoms with Crippen molar-refractivity contribution in [3.8, 4) is 0 Å². The van der Waals surface area contributed by atoms with Gasteiger partial charge in [-0.1, -0.05) is 19.1 Å². The number of nitrogens with one attached hydrogen (secondary N) is 1. The molecule has 6 heteroatoms. The molecule has 26 heavy (non-hydrogen) atoms. The van der Waals surface area contributed by atoms with Crippen molar-refractivity contribution in [3.05, 3.63) is 69.4 Å². The highest BCUT2D eigenvalue weighted by Gasteiger charge is 2.34. The number of hydrogen-bond acceptors (Lipinski definition) is 3. The molecule has 1 heterocycles. The highest BCUT2D eigenvalue weighted by molar-refractivity contribution is 6.00. The van der Waals surface area contributed by atoms with E-state index < -0.39 is 11.5 Å². The van der Waals surface area contributed by atoms with Crippen LogP contribution in [0.15, 0.2) is 41.3 Å². The zero-order valence-electron chi connectivity index (χ0n) is 14.8. The van der Waals surface area contributed by atoms with Gasteiger partial charge >= 0.3 is 0 Å². The average molecular weight is 356 g/mol. The largest absolute Gasteiger partial charge is 0.355 e. The minimum atomic E-state index is -0.530. The number of rotatable bonds is 6. The van der Waals surface area contributed by atoms with Gasteiger partial charge in [0, 0.05) is 25.2 Å². The van der Waals surface area contributed by atoms with Crippen LogP contribution < -0.4 is 10.9 Å². The Morgan fingerprint density at radius 1 is 1.27 bits per heavy atom. The predicted molar refractivity (Wildman–Crippen MR) is 95.8 cm³/mol. The quantitative estimate of drug-likeness (QED) is 0.809. The standard InChI is InChI=1S/C20H21FN2O3/c1-12-7-14(12)9-18(24)15-8-17(19(25)22-2)20(26)23(11-15)10-13-3-5-16(21)6-4-13/h3-6,8,11-12,14H,7,9-10H2,1-2H3,(H,22,25)/t12-,14+/m1/s1. The smallest absolute Gasteiger partial charge is 0.263 e. The third kappa shape index (κ3) is 3.90. The highest BCUT2D eigenvalue weighted by Crippen LogP contribution is 2.41. The molecule has 0 bridgehead atoms. The van der Waals surface area contributed by atoms with Crippen LogP contribution in [0.25, 0.3) is 0 Å². The molecule has 0 radical (unpaired) electrons. The number of benzene rings is 1. The Morgan fingerprint density at radius 2 is 1.92 bits per heavy atom. The van der Waals surface area contributed by atoms with Crippen LogP contribution in [0, 0.1) is 17.7 Å². The van der Waals surface area contributed by atoms with E-state index in [0.717, 1.165) is 6.42 Å². The van der Waals surface area contributed by atoms with Crippen LogP contribution in [0.2, 0.25) is 0 Å². The molecular weight excluding hydrogens is 335 g/mol. The summed E-state index contributed by atoms with van der Waals surface area (Å²) in [6, 6.07) is 7.13. The molecule has 0 spiro atoms. The summed E-state index contributed by atoms with van der Waals surface area (Å²) in [5, 5.41) is 2.43. The zero-order chi connectivity index (χ0) is 18.8. The lowest BCUT2D eigenvalue weighted by molar-refractivity contribution is 0.0961. The maximum atomic E-state index is 13.1. The predicted octanol–water partition coefficient (Wildman–Crippen LogP) is 2.62. The van der Waals surface area contributed by atoms with Gasteiger partial charge in [0.05, 0.1) is 6.54 Å². The Morgan fingerprint density at radius 3 is 2.50 bits per heavy atom. The molecular formula is C20H21FN2O3. The van der Waals surface area contributed by atoms with Crippen LogP contribution in [0.1, 0.15) is 46.0 Å². The summed E-state index contributed by atoms with van der Waals surface area (Å²) < 4.78 is 14.4. The second-order valence-corrected chi connectivity index (χ2v) is 6.88. The molecule has 0 aliphatic heterocycles. The van der Waals surface area contributed by atoms with Gasteiger partial charge in [-0.25, -0.2) is 4.39 Å². The third-order valence-corrected chi connectivity index (χ3v) is 4.87. The molecule has 1 aliphatic rings. The lowest BCUT2D eigenvalue weighted by atomic mass is 10.0. The normalized spacial score (nSPS) is 18.4. The molecule has 1 fully saturated rings. The molecule has 2 aromatic rings. The fourth-order valence-corrected chi connectivity index (χ4v) is 3.03. The van der Waals surface area contributed by atoms with E-state index in [0.29, 0.717) is 29.4 Å². The number of halogens is 1. The summed E-state index contributed by atoms with van der Waals surface area (Å²) in [6.07, 6.45) is 2.94. The first-order chi connectivity index (χ1) is 12.4. The van der Waals surface area contributed by atoms with Crippen LogP contribution >= 0.6 is 0 Å². The molecule has 1 N–H and O–H groups in total. The number of pyridine rings is 1. The molecule has 1 aromatic carbocycles. The van der Waals surface area contributed by atoms with Gasteiger partial charge in [-0.15, -0.1) is 0 Å². The van der Waals surface area contributed by atoms with E-state index in [1.54, 1.807) is 12.1 Å². The summed E-state index contributed by atoms with van der Waals surface area (Å²) in [4.78, 5) is 37.2. The van der Waals surface area contributed by atoms with Crippen LogP contribution in [-0.4, -0.2) is 23.3 Å². The molecule has 1 aliphatic carbocycles. The van der Waals surface area contributed by atoms with E-state index in [1.165, 1.54) is 36.0 Å². The van der Waals surface area contributed by atoms with Crippen molar-refractivity contribution in [1.82, 2.24) is 9.88 Å². The van der Waals surface area contributed by atoms with Gasteiger partial charge in [0.2, 0.25) is 0 Å². The van der Waals surface area contributed by atoms with Gasteiger partial charge < -0.3 is 9.88 Å². The number of Topliss-reactive ketones (excluding diaryl/α,β-unsaturated/α-hetero) is 1. The summed E-state index contributed by atoms with van der Waals surface area (Å²) in [6.45, 7) is 2.26. The van der Waals surface area contributed by atoms with Gasteiger partial charge in [0.1, 0.15) is 11.4 Å². The zero-order valence-corrected chi connectivity index (χ0v) is 14.8. The summed E-state index contributed by atoms with van der Waals surface area (Å²) in [5.74, 6) is -0.0461. The van der Waals surface area contributed by atoms with Crippen molar-refractivity contribution < 1.29 is 14.0 Å². The van der Waals surface area contributed by atoms with Gasteiger partial charge in [0.25, 0.3) is 11.5 Å². The second kappa shape index (κ2) is 7.23. The topological polar surface area (TPSA) is 68.2 Å². The molecule has 2 atom stereocenters. The van der Waals surface area contributed by atoms with Crippen LogP contribution in [0.3, 0.4) is 0 Å². The Hall–Kier alpha value is -2.76. The molecule has 136 valence electrons. The Labute approximate surface area is 150 Å². The highest BCUT2D eigenvalue weighted by atomic mass is 19.1. The van der Waals surface area contributed by atoms with Gasteiger partial charge in [-0.05, 0) is 42.0 Å². The number of carbonyl (C=O) groups excluding carboxylic acids is 2. The fraction of sp³-hybridized carbons (Fsp3) is 0.350. The third-order valence-electron chi connectivity index (χ3n) is 4.87. The van der Waals surface area contributed by atoms with Crippen molar-refractivity contribution in [2.24, 2.45) is 11.8 Å². The SMILES string of the molecule is CNC(=O)c1cc(C(=O)C[C@@H]2C[C@H]2C)cn(Cc2ccc(F)cc2)c1=O. The first-order valence-corrected chi connectivity index (χ1v) is 8.63. The molecule has 1 amide bonds. The molecule has 0 unspecified atom stereocenters. The monoisotopic (exact) mass is 356 g/mol. The van der Waals surface area contributed by atoms with E-state index >= 15 is 0 Å². The van der Waals surface area contributed by atoms with Crippen molar-refractivity contribution in [1.29, 1.82) is 0 Å². The number of nitrogens with zero attached hydrogens (tertiary/aromatic N) is 1. The minimum absolute atomic E-state index is 0.0655. The lowest BCUT2D eigenvalue weighted by Crippen LogP contribution is -2.32. The minimum Gasteiger partial charge on any atom is -0.355 e. The molecule has 5 nitrogen and oxygen atoms in total. The second-order valence-electron chi connectivity index (χ2n) is 6.88. The van der Waals surface area contributed by atoms with E-state index in [4.69, 9.17) is 0 Å². The number of ketones is 1. The average Bonchev–Trinajstić information content (AvgIpc) is 3.32. The van der Waals surface area contributed by atoms with E-state index in [2.05, 4.69) is 12.2 Å². The Balaban J connectivity index is 1.96. The van der Waals surface area contributed by atoms with Crippen LogP contribution in [-0.2, 0) is 6.54 Å². The Kier molecular flexibility index (Phi) is 5.02. The maximum Gasteiger partial charge on any atom is 0.263 e. The van der Waals surface area contributed by atoms with E-state index in [-0.39, 0.29) is 23.7 Å². The van der Waals surface area contributed by atoms with Crippen molar-refractivity contribution in [2.45, 2.75) is 26.3 Å². The van der Waals surface area contributed by atoms with Crippen LogP contribution in [0.5, 0.6) is 0 Å². The first kappa shape index (κ1) is 18.0. The Bertz CT molecular complexity index is 902. The van der Waals surface area contributed by atoms with Gasteiger partial charge in [0.15, 0.2) is 5.78 Å².